The van der Waals surface area contributed by atoms with E-state index in [1.807, 2.05) is 54.3 Å². The Hall–Kier alpha value is -2.95. The SMILES string of the molecule is Cc1ccc(-c2noc(CCN(CCc3ccccc3)C(=O)CC(C)(C)C)n2)cc1. The number of carbonyl (C=O) groups excluding carboxylic acids is 1. The molecule has 0 N–H and O–H groups in total. The fraction of sp³-hybridized carbons (Fsp3) is 0.400. The first kappa shape index (κ1) is 21.8. The molecule has 30 heavy (non-hydrogen) atoms. The lowest BCUT2D eigenvalue weighted by molar-refractivity contribution is -0.133. The van der Waals surface area contributed by atoms with Crippen molar-refractivity contribution in [2.45, 2.75) is 47.0 Å². The van der Waals surface area contributed by atoms with Gasteiger partial charge in [0.05, 0.1) is 0 Å². The number of aryl methyl sites for hydroxylation is 1. The molecule has 0 spiro atoms. The van der Waals surface area contributed by atoms with E-state index in [0.717, 1.165) is 12.0 Å². The minimum atomic E-state index is -0.0504. The third-order valence-corrected chi connectivity index (χ3v) is 4.92. The average Bonchev–Trinajstić information content (AvgIpc) is 3.17. The van der Waals surface area contributed by atoms with E-state index in [-0.39, 0.29) is 11.3 Å². The summed E-state index contributed by atoms with van der Waals surface area (Å²) in [4.78, 5) is 19.4. The maximum absolute atomic E-state index is 12.9. The van der Waals surface area contributed by atoms with Crippen LogP contribution in [0.25, 0.3) is 11.4 Å². The Morgan fingerprint density at radius 1 is 0.967 bits per heavy atom. The van der Waals surface area contributed by atoms with E-state index in [9.17, 15) is 4.79 Å². The highest BCUT2D eigenvalue weighted by atomic mass is 16.5. The van der Waals surface area contributed by atoms with Crippen molar-refractivity contribution in [2.75, 3.05) is 13.1 Å². The van der Waals surface area contributed by atoms with Gasteiger partial charge >= 0.3 is 0 Å². The van der Waals surface area contributed by atoms with Gasteiger partial charge in [-0.05, 0) is 24.3 Å². The Labute approximate surface area is 179 Å². The highest BCUT2D eigenvalue weighted by molar-refractivity contribution is 5.76. The Balaban J connectivity index is 1.65. The summed E-state index contributed by atoms with van der Waals surface area (Å²) in [5.74, 6) is 1.30. The van der Waals surface area contributed by atoms with Crippen molar-refractivity contribution in [2.24, 2.45) is 5.41 Å². The number of hydrogen-bond acceptors (Lipinski definition) is 4. The number of rotatable bonds is 8. The van der Waals surface area contributed by atoms with E-state index in [0.29, 0.717) is 37.6 Å². The molecule has 3 rings (SSSR count). The van der Waals surface area contributed by atoms with E-state index in [1.165, 1.54) is 11.1 Å². The van der Waals surface area contributed by atoms with Crippen LogP contribution in [0.4, 0.5) is 0 Å². The van der Waals surface area contributed by atoms with Crippen LogP contribution in [-0.4, -0.2) is 34.0 Å². The molecule has 5 nitrogen and oxygen atoms in total. The van der Waals surface area contributed by atoms with Crippen molar-refractivity contribution < 1.29 is 9.32 Å². The molecular formula is C25H31N3O2. The number of carbonyl (C=O) groups is 1. The molecule has 0 aliphatic carbocycles. The van der Waals surface area contributed by atoms with Crippen LogP contribution in [0.5, 0.6) is 0 Å². The molecule has 0 aliphatic heterocycles. The number of nitrogens with zero attached hydrogens (tertiary/aromatic N) is 3. The van der Waals surface area contributed by atoms with Gasteiger partial charge < -0.3 is 9.42 Å². The Bertz CT molecular complexity index is 941. The number of hydrogen-bond donors (Lipinski definition) is 0. The molecule has 0 aliphatic rings. The van der Waals surface area contributed by atoms with Crippen LogP contribution in [0.3, 0.4) is 0 Å². The lowest BCUT2D eigenvalue weighted by Crippen LogP contribution is -2.36. The summed E-state index contributed by atoms with van der Waals surface area (Å²) in [7, 11) is 0. The van der Waals surface area contributed by atoms with Gasteiger partial charge in [0, 0.05) is 31.5 Å². The van der Waals surface area contributed by atoms with Crippen molar-refractivity contribution in [3.8, 4) is 11.4 Å². The summed E-state index contributed by atoms with van der Waals surface area (Å²) in [6, 6.07) is 18.3. The molecular weight excluding hydrogens is 374 g/mol. The van der Waals surface area contributed by atoms with Crippen LogP contribution in [0.15, 0.2) is 59.1 Å². The first-order chi connectivity index (χ1) is 14.3. The molecule has 2 aromatic carbocycles. The predicted molar refractivity (Wildman–Crippen MR) is 119 cm³/mol. The molecule has 1 heterocycles. The Morgan fingerprint density at radius 3 is 2.30 bits per heavy atom. The predicted octanol–water partition coefficient (Wildman–Crippen LogP) is 5.10. The van der Waals surface area contributed by atoms with Crippen LogP contribution in [-0.2, 0) is 17.6 Å². The van der Waals surface area contributed by atoms with Gasteiger partial charge in [-0.2, -0.15) is 4.98 Å². The molecule has 3 aromatic rings. The Morgan fingerprint density at radius 2 is 1.63 bits per heavy atom. The maximum Gasteiger partial charge on any atom is 0.228 e. The van der Waals surface area contributed by atoms with Crippen LogP contribution >= 0.6 is 0 Å². The number of amides is 1. The van der Waals surface area contributed by atoms with Gasteiger partial charge in [-0.3, -0.25) is 4.79 Å². The van der Waals surface area contributed by atoms with E-state index < -0.39 is 0 Å². The summed E-state index contributed by atoms with van der Waals surface area (Å²) in [5.41, 5.74) is 3.30. The highest BCUT2D eigenvalue weighted by Gasteiger charge is 2.22. The normalized spacial score (nSPS) is 11.5. The van der Waals surface area contributed by atoms with Gasteiger partial charge in [0.15, 0.2) is 0 Å². The standard InChI is InChI=1S/C25H31N3O2/c1-19-10-12-21(13-11-19)24-26-22(30-27-24)15-17-28(23(29)18-25(2,3)4)16-14-20-8-6-5-7-9-20/h5-13H,14-18H2,1-4H3. The zero-order chi connectivity index (χ0) is 21.6. The van der Waals surface area contributed by atoms with Crippen molar-refractivity contribution >= 4 is 5.91 Å². The van der Waals surface area contributed by atoms with Gasteiger partial charge in [0.1, 0.15) is 0 Å². The minimum absolute atomic E-state index is 0.0504. The molecule has 0 unspecified atom stereocenters. The maximum atomic E-state index is 12.9. The third-order valence-electron chi connectivity index (χ3n) is 4.92. The van der Waals surface area contributed by atoms with E-state index in [4.69, 9.17) is 4.52 Å². The first-order valence-corrected chi connectivity index (χ1v) is 10.5. The van der Waals surface area contributed by atoms with Crippen molar-refractivity contribution in [1.82, 2.24) is 15.0 Å². The summed E-state index contributed by atoms with van der Waals surface area (Å²) < 4.78 is 5.44. The first-order valence-electron chi connectivity index (χ1n) is 10.5. The van der Waals surface area contributed by atoms with Crippen LogP contribution in [0.2, 0.25) is 0 Å². The monoisotopic (exact) mass is 405 g/mol. The van der Waals surface area contributed by atoms with Gasteiger partial charge in [-0.25, -0.2) is 0 Å². The fourth-order valence-corrected chi connectivity index (χ4v) is 3.24. The summed E-state index contributed by atoms with van der Waals surface area (Å²) in [6.45, 7) is 9.56. The molecule has 5 heteroatoms. The minimum Gasteiger partial charge on any atom is -0.342 e. The second-order valence-electron chi connectivity index (χ2n) is 8.98. The highest BCUT2D eigenvalue weighted by Crippen LogP contribution is 2.21. The van der Waals surface area contributed by atoms with Crippen molar-refractivity contribution in [3.05, 3.63) is 71.6 Å². The molecule has 0 saturated heterocycles. The smallest absolute Gasteiger partial charge is 0.228 e. The molecule has 0 radical (unpaired) electrons. The largest absolute Gasteiger partial charge is 0.342 e. The van der Waals surface area contributed by atoms with Gasteiger partial charge in [0.2, 0.25) is 17.6 Å². The van der Waals surface area contributed by atoms with Gasteiger partial charge in [-0.1, -0.05) is 86.1 Å². The molecule has 1 amide bonds. The number of benzene rings is 2. The molecule has 0 saturated carbocycles. The van der Waals surface area contributed by atoms with E-state index in [1.54, 1.807) is 0 Å². The lowest BCUT2D eigenvalue weighted by atomic mass is 9.91. The number of aromatic nitrogens is 2. The van der Waals surface area contributed by atoms with E-state index in [2.05, 4.69) is 43.0 Å². The van der Waals surface area contributed by atoms with E-state index >= 15 is 0 Å². The van der Waals surface area contributed by atoms with Crippen molar-refractivity contribution in [3.63, 3.8) is 0 Å². The quantitative estimate of drug-likeness (QED) is 0.523. The molecule has 0 atom stereocenters. The topological polar surface area (TPSA) is 59.2 Å². The molecule has 0 fully saturated rings. The lowest BCUT2D eigenvalue weighted by Gasteiger charge is -2.26. The average molecular weight is 406 g/mol. The summed E-state index contributed by atoms with van der Waals surface area (Å²) in [5, 5.41) is 4.10. The van der Waals surface area contributed by atoms with Crippen LogP contribution < -0.4 is 0 Å². The zero-order valence-corrected chi connectivity index (χ0v) is 18.4. The van der Waals surface area contributed by atoms with Crippen LogP contribution in [0.1, 0.15) is 44.2 Å². The van der Waals surface area contributed by atoms with Gasteiger partial charge in [-0.15, -0.1) is 0 Å². The fourth-order valence-electron chi connectivity index (χ4n) is 3.24. The Kier molecular flexibility index (Phi) is 7.03. The molecule has 158 valence electrons. The summed E-state index contributed by atoms with van der Waals surface area (Å²) >= 11 is 0. The second-order valence-corrected chi connectivity index (χ2v) is 8.98. The third kappa shape index (κ3) is 6.55. The van der Waals surface area contributed by atoms with Gasteiger partial charge in [0.25, 0.3) is 0 Å². The zero-order valence-electron chi connectivity index (χ0n) is 18.4. The second kappa shape index (κ2) is 9.70. The van der Waals surface area contributed by atoms with Crippen LogP contribution in [0, 0.1) is 12.3 Å². The molecule has 0 bridgehead atoms. The summed E-state index contributed by atoms with van der Waals surface area (Å²) in [6.07, 6.45) is 1.89. The van der Waals surface area contributed by atoms with Crippen molar-refractivity contribution in [1.29, 1.82) is 0 Å². The molecule has 1 aromatic heterocycles.